The number of halogens is 4. The van der Waals surface area contributed by atoms with Crippen LogP contribution in [0.3, 0.4) is 0 Å². The zero-order valence-electron chi connectivity index (χ0n) is 11.1. The van der Waals surface area contributed by atoms with E-state index in [0.717, 1.165) is 18.4 Å². The second-order valence-electron chi connectivity index (χ2n) is 4.46. The highest BCUT2D eigenvalue weighted by molar-refractivity contribution is 5.27. The van der Waals surface area contributed by atoms with Crippen LogP contribution >= 0.6 is 0 Å². The largest absolute Gasteiger partial charge is 0.326 e. The van der Waals surface area contributed by atoms with Gasteiger partial charge in [-0.2, -0.15) is 8.78 Å². The van der Waals surface area contributed by atoms with Crippen LogP contribution < -0.4 is 5.32 Å². The Bertz CT molecular complexity index is 376. The zero-order chi connectivity index (χ0) is 14.5. The highest BCUT2D eigenvalue weighted by Crippen LogP contribution is 2.36. The fraction of sp³-hybridized carbons (Fsp3) is 0.571. The highest BCUT2D eigenvalue weighted by Gasteiger charge is 2.49. The van der Waals surface area contributed by atoms with E-state index in [1.807, 2.05) is 6.92 Å². The Labute approximate surface area is 111 Å². The molecule has 0 aromatic heterocycles. The number of hydrogen-bond donors (Lipinski definition) is 1. The Morgan fingerprint density at radius 2 is 1.68 bits per heavy atom. The molecule has 19 heavy (non-hydrogen) atoms. The molecule has 108 valence electrons. The first kappa shape index (κ1) is 16.0. The lowest BCUT2D eigenvalue weighted by molar-refractivity contribution is -0.151. The minimum absolute atomic E-state index is 0.187. The Kier molecular flexibility index (Phi) is 5.79. The van der Waals surface area contributed by atoms with Crippen molar-refractivity contribution in [1.29, 1.82) is 0 Å². The third-order valence-electron chi connectivity index (χ3n) is 2.94. The van der Waals surface area contributed by atoms with Gasteiger partial charge in [0.25, 0.3) is 0 Å². The van der Waals surface area contributed by atoms with E-state index in [1.165, 1.54) is 12.1 Å². The van der Waals surface area contributed by atoms with Crippen molar-refractivity contribution in [1.82, 2.24) is 5.32 Å². The van der Waals surface area contributed by atoms with E-state index in [4.69, 9.17) is 0 Å². The van der Waals surface area contributed by atoms with Gasteiger partial charge in [-0.05, 0) is 24.1 Å². The van der Waals surface area contributed by atoms with Gasteiger partial charge in [-0.3, -0.25) is 0 Å². The molecule has 0 saturated heterocycles. The van der Waals surface area contributed by atoms with Crippen molar-refractivity contribution >= 4 is 0 Å². The lowest BCUT2D eigenvalue weighted by atomic mass is 9.98. The van der Waals surface area contributed by atoms with E-state index in [9.17, 15) is 17.6 Å². The molecule has 1 unspecified atom stereocenters. The van der Waals surface area contributed by atoms with Crippen LogP contribution in [0.4, 0.5) is 17.6 Å². The maximum atomic E-state index is 13.5. The summed E-state index contributed by atoms with van der Waals surface area (Å²) in [4.78, 5) is 0. The van der Waals surface area contributed by atoms with E-state index >= 15 is 0 Å². The van der Waals surface area contributed by atoms with Gasteiger partial charge < -0.3 is 5.32 Å². The predicted molar refractivity (Wildman–Crippen MR) is 67.8 cm³/mol. The maximum Gasteiger partial charge on any atom is 0.326 e. The van der Waals surface area contributed by atoms with Crippen molar-refractivity contribution in [3.8, 4) is 0 Å². The summed E-state index contributed by atoms with van der Waals surface area (Å²) in [6, 6.07) is 4.76. The fourth-order valence-electron chi connectivity index (χ4n) is 1.97. The monoisotopic (exact) mass is 277 g/mol. The number of rotatable bonds is 7. The van der Waals surface area contributed by atoms with E-state index < -0.39 is 18.4 Å². The first-order valence-corrected chi connectivity index (χ1v) is 6.41. The molecule has 0 bridgehead atoms. The molecule has 1 atom stereocenters. The van der Waals surface area contributed by atoms with Gasteiger partial charge in [-0.25, -0.2) is 8.78 Å². The zero-order valence-corrected chi connectivity index (χ0v) is 11.1. The third kappa shape index (κ3) is 3.93. The molecular weight excluding hydrogens is 258 g/mol. The van der Waals surface area contributed by atoms with Crippen LogP contribution in [0.25, 0.3) is 0 Å². The highest BCUT2D eigenvalue weighted by atomic mass is 19.3. The molecule has 0 aliphatic rings. The van der Waals surface area contributed by atoms with Crippen LogP contribution in [0, 0.1) is 0 Å². The van der Waals surface area contributed by atoms with Gasteiger partial charge >= 0.3 is 12.3 Å². The van der Waals surface area contributed by atoms with Gasteiger partial charge in [0.15, 0.2) is 0 Å². The summed E-state index contributed by atoms with van der Waals surface area (Å²) in [5.74, 6) is -4.08. The smallest absolute Gasteiger partial charge is 0.305 e. The van der Waals surface area contributed by atoms with Gasteiger partial charge in [0.1, 0.15) is 6.04 Å². The van der Waals surface area contributed by atoms with Gasteiger partial charge in [-0.15, -0.1) is 0 Å². The molecule has 0 fully saturated rings. The average molecular weight is 277 g/mol. The van der Waals surface area contributed by atoms with Crippen molar-refractivity contribution in [2.24, 2.45) is 0 Å². The van der Waals surface area contributed by atoms with Crippen LogP contribution in [0.5, 0.6) is 0 Å². The molecule has 0 aliphatic carbocycles. The second-order valence-corrected chi connectivity index (χ2v) is 4.46. The summed E-state index contributed by atoms with van der Waals surface area (Å²) in [7, 11) is 0. The van der Waals surface area contributed by atoms with Crippen molar-refractivity contribution in [3.63, 3.8) is 0 Å². The van der Waals surface area contributed by atoms with Gasteiger partial charge in [0, 0.05) is 0 Å². The molecule has 0 saturated carbocycles. The van der Waals surface area contributed by atoms with Crippen LogP contribution in [-0.4, -0.2) is 18.9 Å². The summed E-state index contributed by atoms with van der Waals surface area (Å²) in [5, 5.41) is 2.44. The maximum absolute atomic E-state index is 13.5. The molecule has 1 aromatic carbocycles. The number of alkyl halides is 4. The molecule has 5 heteroatoms. The quantitative estimate of drug-likeness (QED) is 0.737. The predicted octanol–water partition coefficient (Wildman–Crippen LogP) is 4.19. The number of hydrogen-bond acceptors (Lipinski definition) is 1. The topological polar surface area (TPSA) is 12.0 Å². The Morgan fingerprint density at radius 1 is 1.11 bits per heavy atom. The Hall–Kier alpha value is -1.10. The van der Waals surface area contributed by atoms with Crippen molar-refractivity contribution < 1.29 is 17.6 Å². The molecule has 0 heterocycles. The normalized spacial score (nSPS) is 13.8. The number of aryl methyl sites for hydroxylation is 1. The van der Waals surface area contributed by atoms with E-state index in [1.54, 1.807) is 19.1 Å². The Balaban J connectivity index is 2.99. The first-order valence-electron chi connectivity index (χ1n) is 6.41. The van der Waals surface area contributed by atoms with Gasteiger partial charge in [-0.1, -0.05) is 44.5 Å². The minimum atomic E-state index is -4.08. The van der Waals surface area contributed by atoms with Crippen LogP contribution in [-0.2, 0) is 6.42 Å². The minimum Gasteiger partial charge on any atom is -0.305 e. The molecule has 0 radical (unpaired) electrons. The summed E-state index contributed by atoms with van der Waals surface area (Å²) in [5.41, 5.74) is 1.20. The molecule has 1 nitrogen and oxygen atoms in total. The first-order chi connectivity index (χ1) is 8.93. The standard InChI is InChI=1S/C14H19F4N/c1-3-5-10-6-8-11(9-7-10)12(19-4-2)14(17,18)13(15)16/h6-9,12-13,19H,3-5H2,1-2H3. The van der Waals surface area contributed by atoms with Crippen molar-refractivity contribution in [3.05, 3.63) is 35.4 Å². The number of nitrogens with one attached hydrogen (secondary N) is 1. The average Bonchev–Trinajstić information content (AvgIpc) is 2.37. The van der Waals surface area contributed by atoms with Crippen LogP contribution in [0.15, 0.2) is 24.3 Å². The summed E-state index contributed by atoms with van der Waals surface area (Å²) >= 11 is 0. The molecule has 0 spiro atoms. The van der Waals surface area contributed by atoms with Gasteiger partial charge in [0.05, 0.1) is 0 Å². The molecule has 0 amide bonds. The lowest BCUT2D eigenvalue weighted by Crippen LogP contribution is -2.42. The summed E-state index contributed by atoms with van der Waals surface area (Å²) in [6.45, 7) is 3.82. The second kappa shape index (κ2) is 6.89. The van der Waals surface area contributed by atoms with E-state index in [0.29, 0.717) is 0 Å². The SMILES string of the molecule is CCCc1ccc(C(NCC)C(F)(F)C(F)F)cc1. The van der Waals surface area contributed by atoms with E-state index in [2.05, 4.69) is 5.32 Å². The van der Waals surface area contributed by atoms with E-state index in [-0.39, 0.29) is 12.1 Å². The summed E-state index contributed by atoms with van der Waals surface area (Å²) < 4.78 is 52.0. The van der Waals surface area contributed by atoms with Crippen molar-refractivity contribution in [2.45, 2.75) is 45.1 Å². The lowest BCUT2D eigenvalue weighted by Gasteiger charge is -2.27. The fourth-order valence-corrected chi connectivity index (χ4v) is 1.97. The number of benzene rings is 1. The van der Waals surface area contributed by atoms with Crippen LogP contribution in [0.1, 0.15) is 37.4 Å². The van der Waals surface area contributed by atoms with Crippen LogP contribution in [0.2, 0.25) is 0 Å². The molecular formula is C14H19F4N. The summed E-state index contributed by atoms with van der Waals surface area (Å²) in [6.07, 6.45) is -1.90. The van der Waals surface area contributed by atoms with Gasteiger partial charge in [0.2, 0.25) is 0 Å². The molecule has 1 rings (SSSR count). The Morgan fingerprint density at radius 3 is 2.11 bits per heavy atom. The molecule has 1 N–H and O–H groups in total. The molecule has 0 aliphatic heterocycles. The molecule has 1 aromatic rings. The third-order valence-corrected chi connectivity index (χ3v) is 2.94. The van der Waals surface area contributed by atoms with Crippen molar-refractivity contribution in [2.75, 3.05) is 6.54 Å².